The highest BCUT2D eigenvalue weighted by molar-refractivity contribution is 7.07. The summed E-state index contributed by atoms with van der Waals surface area (Å²) < 4.78 is 5.40. The van der Waals surface area contributed by atoms with Gasteiger partial charge >= 0.3 is 0 Å². The van der Waals surface area contributed by atoms with E-state index in [0.29, 0.717) is 5.89 Å². The first kappa shape index (κ1) is 13.2. The third kappa shape index (κ3) is 2.59. The van der Waals surface area contributed by atoms with Crippen molar-refractivity contribution in [1.82, 2.24) is 20.0 Å². The summed E-state index contributed by atoms with van der Waals surface area (Å²) in [5.74, 6) is 1.32. The van der Waals surface area contributed by atoms with Gasteiger partial charge in [0, 0.05) is 10.8 Å². The lowest BCUT2D eigenvalue weighted by Crippen LogP contribution is -2.22. The van der Waals surface area contributed by atoms with Crippen molar-refractivity contribution in [2.24, 2.45) is 0 Å². The first-order chi connectivity index (χ1) is 8.39. The molecular formula is C12H18N4OS. The zero-order valence-electron chi connectivity index (χ0n) is 11.3. The molecular weight excluding hydrogens is 248 g/mol. The van der Waals surface area contributed by atoms with Gasteiger partial charge in [-0.15, -0.1) is 11.3 Å². The van der Waals surface area contributed by atoms with E-state index in [-0.39, 0.29) is 11.5 Å². The van der Waals surface area contributed by atoms with Crippen LogP contribution < -0.4 is 0 Å². The van der Waals surface area contributed by atoms with Crippen molar-refractivity contribution >= 4 is 11.3 Å². The first-order valence-corrected chi connectivity index (χ1v) is 6.72. The molecule has 2 heterocycles. The average molecular weight is 266 g/mol. The average Bonchev–Trinajstić information content (AvgIpc) is 2.86. The predicted molar refractivity (Wildman–Crippen MR) is 70.6 cm³/mol. The van der Waals surface area contributed by atoms with E-state index in [1.807, 2.05) is 29.9 Å². The van der Waals surface area contributed by atoms with Gasteiger partial charge in [0.1, 0.15) is 6.04 Å². The Morgan fingerprint density at radius 2 is 2.06 bits per heavy atom. The number of aromatic nitrogens is 3. The first-order valence-electron chi connectivity index (χ1n) is 5.78. The summed E-state index contributed by atoms with van der Waals surface area (Å²) in [5.41, 5.74) is 2.64. The van der Waals surface area contributed by atoms with Gasteiger partial charge in [0.25, 0.3) is 0 Å². The minimum absolute atomic E-state index is 0.0835. The van der Waals surface area contributed by atoms with Gasteiger partial charge in [-0.2, -0.15) is 4.98 Å². The Morgan fingerprint density at radius 1 is 1.33 bits per heavy atom. The summed E-state index contributed by atoms with van der Waals surface area (Å²) >= 11 is 1.56. The van der Waals surface area contributed by atoms with Crippen LogP contribution in [0.5, 0.6) is 0 Å². The fourth-order valence-corrected chi connectivity index (χ4v) is 2.19. The van der Waals surface area contributed by atoms with Crippen LogP contribution in [0.4, 0.5) is 0 Å². The number of hydrogen-bond donors (Lipinski definition) is 0. The Hall–Kier alpha value is -1.27. The van der Waals surface area contributed by atoms with E-state index in [1.54, 1.807) is 11.3 Å². The molecule has 0 saturated carbocycles. The summed E-state index contributed by atoms with van der Waals surface area (Å²) in [5, 5.41) is 6.07. The lowest BCUT2D eigenvalue weighted by molar-refractivity contribution is 0.256. The van der Waals surface area contributed by atoms with Crippen LogP contribution in [0.15, 0.2) is 15.4 Å². The minimum Gasteiger partial charge on any atom is -0.337 e. The molecule has 98 valence electrons. The topological polar surface area (TPSA) is 55.1 Å². The second kappa shape index (κ2) is 4.78. The predicted octanol–water partition coefficient (Wildman–Crippen LogP) is 2.47. The van der Waals surface area contributed by atoms with Gasteiger partial charge in [-0.25, -0.2) is 4.98 Å². The van der Waals surface area contributed by atoms with E-state index in [2.05, 4.69) is 35.9 Å². The van der Waals surface area contributed by atoms with Gasteiger partial charge in [-0.05, 0) is 14.1 Å². The summed E-state index contributed by atoms with van der Waals surface area (Å²) in [6, 6.07) is -0.0835. The molecule has 2 aromatic rings. The monoisotopic (exact) mass is 266 g/mol. The molecule has 0 saturated heterocycles. The Labute approximate surface area is 111 Å². The molecule has 0 bridgehead atoms. The molecule has 1 unspecified atom stereocenters. The van der Waals surface area contributed by atoms with E-state index in [0.717, 1.165) is 11.5 Å². The number of nitrogens with zero attached hydrogens (tertiary/aromatic N) is 4. The lowest BCUT2D eigenvalue weighted by atomic mass is 9.96. The van der Waals surface area contributed by atoms with Crippen LogP contribution in [0.3, 0.4) is 0 Å². The van der Waals surface area contributed by atoms with Crippen LogP contribution in [0.1, 0.15) is 44.2 Å². The second-order valence-electron chi connectivity index (χ2n) is 5.49. The van der Waals surface area contributed by atoms with Gasteiger partial charge in [0.2, 0.25) is 5.89 Å². The molecule has 0 aliphatic rings. The second-order valence-corrected chi connectivity index (χ2v) is 6.20. The van der Waals surface area contributed by atoms with Crippen LogP contribution in [-0.2, 0) is 5.41 Å². The molecule has 6 heteroatoms. The van der Waals surface area contributed by atoms with E-state index < -0.39 is 0 Å². The molecule has 0 aromatic carbocycles. The molecule has 0 aliphatic heterocycles. The highest BCUT2D eigenvalue weighted by atomic mass is 32.1. The standard InChI is InChI=1S/C12H18N4OS/c1-12(2,3)11-14-10(17-15-11)9(16(4)5)8-6-18-7-13-8/h6-7,9H,1-5H3. The van der Waals surface area contributed by atoms with Crippen molar-refractivity contribution in [3.8, 4) is 0 Å². The van der Waals surface area contributed by atoms with Gasteiger partial charge < -0.3 is 4.52 Å². The summed E-state index contributed by atoms with van der Waals surface area (Å²) in [7, 11) is 3.95. The molecule has 5 nitrogen and oxygen atoms in total. The van der Waals surface area contributed by atoms with E-state index in [4.69, 9.17) is 4.52 Å². The van der Waals surface area contributed by atoms with Crippen molar-refractivity contribution in [3.63, 3.8) is 0 Å². The zero-order chi connectivity index (χ0) is 13.3. The highest BCUT2D eigenvalue weighted by Crippen LogP contribution is 2.27. The van der Waals surface area contributed by atoms with Gasteiger partial charge in [0.15, 0.2) is 5.82 Å². The minimum atomic E-state index is -0.110. The summed E-state index contributed by atoms with van der Waals surface area (Å²) in [6.07, 6.45) is 0. The van der Waals surface area contributed by atoms with Gasteiger partial charge in [-0.3, -0.25) is 4.90 Å². The van der Waals surface area contributed by atoms with Crippen LogP contribution in [0.25, 0.3) is 0 Å². The quantitative estimate of drug-likeness (QED) is 0.854. The fourth-order valence-electron chi connectivity index (χ4n) is 1.62. The Bertz CT molecular complexity index is 498. The van der Waals surface area contributed by atoms with Crippen molar-refractivity contribution < 1.29 is 4.52 Å². The Kier molecular flexibility index (Phi) is 3.49. The zero-order valence-corrected chi connectivity index (χ0v) is 12.2. The molecule has 1 atom stereocenters. The fraction of sp³-hybridized carbons (Fsp3) is 0.583. The summed E-state index contributed by atoms with van der Waals surface area (Å²) in [6.45, 7) is 6.19. The van der Waals surface area contributed by atoms with E-state index in [1.165, 1.54) is 0 Å². The van der Waals surface area contributed by atoms with E-state index >= 15 is 0 Å². The maximum Gasteiger partial charge on any atom is 0.250 e. The van der Waals surface area contributed by atoms with Gasteiger partial charge in [0.05, 0.1) is 11.2 Å². The smallest absolute Gasteiger partial charge is 0.250 e. The lowest BCUT2D eigenvalue weighted by Gasteiger charge is -2.18. The molecule has 2 rings (SSSR count). The largest absolute Gasteiger partial charge is 0.337 e. The van der Waals surface area contributed by atoms with Crippen molar-refractivity contribution in [2.75, 3.05) is 14.1 Å². The van der Waals surface area contributed by atoms with Crippen molar-refractivity contribution in [1.29, 1.82) is 0 Å². The third-order valence-electron chi connectivity index (χ3n) is 2.59. The molecule has 0 amide bonds. The molecule has 2 aromatic heterocycles. The van der Waals surface area contributed by atoms with Crippen LogP contribution >= 0.6 is 11.3 Å². The SMILES string of the molecule is CN(C)C(c1cscn1)c1nc(C(C)(C)C)no1. The third-order valence-corrected chi connectivity index (χ3v) is 3.20. The van der Waals surface area contributed by atoms with Crippen molar-refractivity contribution in [2.45, 2.75) is 32.2 Å². The maximum absolute atomic E-state index is 5.40. The van der Waals surface area contributed by atoms with E-state index in [9.17, 15) is 0 Å². The Balaban J connectivity index is 2.36. The number of rotatable bonds is 3. The Morgan fingerprint density at radius 3 is 2.50 bits per heavy atom. The molecule has 0 N–H and O–H groups in total. The number of thiazole rings is 1. The van der Waals surface area contributed by atoms with Crippen molar-refractivity contribution in [3.05, 3.63) is 28.3 Å². The normalized spacial score (nSPS) is 14.1. The molecule has 0 fully saturated rings. The highest BCUT2D eigenvalue weighted by Gasteiger charge is 2.28. The van der Waals surface area contributed by atoms with Crippen LogP contribution in [0, 0.1) is 0 Å². The number of hydrogen-bond acceptors (Lipinski definition) is 6. The molecule has 18 heavy (non-hydrogen) atoms. The molecule has 0 aliphatic carbocycles. The van der Waals surface area contributed by atoms with Gasteiger partial charge in [-0.1, -0.05) is 25.9 Å². The molecule has 0 spiro atoms. The van der Waals surface area contributed by atoms with Crippen LogP contribution in [-0.4, -0.2) is 34.1 Å². The summed E-state index contributed by atoms with van der Waals surface area (Å²) in [4.78, 5) is 10.9. The van der Waals surface area contributed by atoms with Crippen LogP contribution in [0.2, 0.25) is 0 Å². The molecule has 0 radical (unpaired) electrons. The maximum atomic E-state index is 5.40.